The van der Waals surface area contributed by atoms with Crippen LogP contribution in [0.1, 0.15) is 56.4 Å². The van der Waals surface area contributed by atoms with E-state index in [-0.39, 0.29) is 50.4 Å². The van der Waals surface area contributed by atoms with E-state index >= 15 is 0 Å². The van der Waals surface area contributed by atoms with Gasteiger partial charge in [0.25, 0.3) is 6.43 Å². The van der Waals surface area contributed by atoms with Crippen LogP contribution in [0.2, 0.25) is 0 Å². The van der Waals surface area contributed by atoms with Gasteiger partial charge < -0.3 is 10.0 Å². The number of amides is 1. The lowest BCUT2D eigenvalue weighted by Gasteiger charge is -2.40. The lowest BCUT2D eigenvalue weighted by atomic mass is 9.68. The highest BCUT2D eigenvalue weighted by atomic mass is 19.3. The zero-order chi connectivity index (χ0) is 19.4. The Labute approximate surface area is 155 Å². The molecule has 4 rings (SSSR count). The van der Waals surface area contributed by atoms with Crippen molar-refractivity contribution in [1.82, 2.24) is 0 Å². The molecule has 3 aliphatic rings. The quantitative estimate of drug-likeness (QED) is 0.779. The van der Waals surface area contributed by atoms with Crippen LogP contribution < -0.4 is 4.90 Å². The Hall–Kier alpha value is -1.63. The third-order valence-electron chi connectivity index (χ3n) is 6.76. The summed E-state index contributed by atoms with van der Waals surface area (Å²) in [5, 5.41) is 9.98. The van der Waals surface area contributed by atoms with Gasteiger partial charge in [0, 0.05) is 25.1 Å². The molecule has 0 aromatic heterocycles. The maximum absolute atomic E-state index is 13.0. The molecule has 2 saturated carbocycles. The molecule has 148 valence electrons. The predicted molar refractivity (Wildman–Crippen MR) is 92.2 cm³/mol. The highest BCUT2D eigenvalue weighted by Gasteiger charge is 2.54. The van der Waals surface area contributed by atoms with E-state index in [1.54, 1.807) is 29.2 Å². The van der Waals surface area contributed by atoms with Crippen LogP contribution in [0.4, 0.5) is 23.2 Å². The molecule has 3 fully saturated rings. The van der Waals surface area contributed by atoms with Crippen molar-refractivity contribution in [2.75, 3.05) is 11.4 Å². The van der Waals surface area contributed by atoms with Gasteiger partial charge in [0.15, 0.2) is 0 Å². The van der Waals surface area contributed by atoms with Gasteiger partial charge in [-0.1, -0.05) is 12.1 Å². The molecule has 27 heavy (non-hydrogen) atoms. The number of benzene rings is 1. The van der Waals surface area contributed by atoms with E-state index in [2.05, 4.69) is 0 Å². The summed E-state index contributed by atoms with van der Waals surface area (Å²) in [7, 11) is 0. The summed E-state index contributed by atoms with van der Waals surface area (Å²) in [5.41, 5.74) is -1.09. The number of aliphatic hydroxyl groups is 1. The molecule has 1 aromatic carbocycles. The first kappa shape index (κ1) is 18.7. The predicted octanol–water partition coefficient (Wildman–Crippen LogP) is 4.49. The summed E-state index contributed by atoms with van der Waals surface area (Å²) in [6.45, 7) is 0.507. The summed E-state index contributed by atoms with van der Waals surface area (Å²) in [5.74, 6) is -2.79. The molecule has 7 heteroatoms. The summed E-state index contributed by atoms with van der Waals surface area (Å²) in [4.78, 5) is 14.7. The minimum absolute atomic E-state index is 0.0704. The van der Waals surface area contributed by atoms with Crippen molar-refractivity contribution in [3.63, 3.8) is 0 Å². The second-order valence-corrected chi connectivity index (χ2v) is 8.44. The zero-order valence-electron chi connectivity index (χ0n) is 14.9. The minimum atomic E-state index is -2.80. The summed E-state index contributed by atoms with van der Waals surface area (Å²) in [6.07, 6.45) is -2.10. The molecule has 0 bridgehead atoms. The Morgan fingerprint density at radius 1 is 1.00 bits per heavy atom. The Bertz CT molecular complexity index is 718. The monoisotopic (exact) mass is 385 g/mol. The van der Waals surface area contributed by atoms with Gasteiger partial charge in [-0.25, -0.2) is 17.6 Å². The first-order chi connectivity index (χ1) is 12.6. The van der Waals surface area contributed by atoms with Crippen molar-refractivity contribution in [3.8, 4) is 0 Å². The van der Waals surface area contributed by atoms with Gasteiger partial charge in [0.05, 0.1) is 5.41 Å². The largest absolute Gasteiger partial charge is 0.384 e. The topological polar surface area (TPSA) is 40.5 Å². The number of anilines is 1. The maximum atomic E-state index is 13.0. The van der Waals surface area contributed by atoms with Gasteiger partial charge in [0.1, 0.15) is 5.60 Å². The number of rotatable bonds is 3. The Kier molecular flexibility index (Phi) is 4.29. The Morgan fingerprint density at radius 2 is 1.59 bits per heavy atom. The normalized spacial score (nSPS) is 26.6. The molecule has 1 aliphatic heterocycles. The summed E-state index contributed by atoms with van der Waals surface area (Å²) in [6, 6.07) is 7.15. The van der Waals surface area contributed by atoms with Crippen molar-refractivity contribution in [2.24, 2.45) is 5.41 Å². The number of hydrogen-bond donors (Lipinski definition) is 1. The van der Waals surface area contributed by atoms with Crippen molar-refractivity contribution in [3.05, 3.63) is 29.8 Å². The van der Waals surface area contributed by atoms with Gasteiger partial charge in [-0.05, 0) is 55.7 Å². The standard InChI is InChI=1S/C20H23F4NO2/c21-16(22)19(27)7-5-18(6-8-19)9-10-25(17(18)26)15-3-1-13(2-4-15)14-11-20(23,24)12-14/h1-4,14,16,27H,5-12H2. The fraction of sp³-hybridized carbons (Fsp3) is 0.650. The Morgan fingerprint density at radius 3 is 2.11 bits per heavy atom. The van der Waals surface area contributed by atoms with Gasteiger partial charge in [-0.3, -0.25) is 4.79 Å². The molecule has 1 saturated heterocycles. The number of carbonyl (C=O) groups excluding carboxylic acids is 1. The van der Waals surface area contributed by atoms with Gasteiger partial charge in [-0.15, -0.1) is 0 Å². The van der Waals surface area contributed by atoms with E-state index < -0.39 is 23.4 Å². The molecule has 0 radical (unpaired) electrons. The third-order valence-corrected chi connectivity index (χ3v) is 6.76. The van der Waals surface area contributed by atoms with Crippen LogP contribution in [0.3, 0.4) is 0 Å². The van der Waals surface area contributed by atoms with E-state index in [1.165, 1.54) is 0 Å². The van der Waals surface area contributed by atoms with E-state index in [4.69, 9.17) is 0 Å². The van der Waals surface area contributed by atoms with Gasteiger partial charge >= 0.3 is 0 Å². The number of hydrogen-bond acceptors (Lipinski definition) is 2. The highest BCUT2D eigenvalue weighted by molar-refractivity contribution is 6.00. The van der Waals surface area contributed by atoms with E-state index in [1.807, 2.05) is 0 Å². The van der Waals surface area contributed by atoms with Gasteiger partial charge in [-0.2, -0.15) is 0 Å². The molecular weight excluding hydrogens is 362 g/mol. The summed E-state index contributed by atoms with van der Waals surface area (Å²) < 4.78 is 52.1. The van der Waals surface area contributed by atoms with Crippen molar-refractivity contribution >= 4 is 11.6 Å². The SMILES string of the molecule is O=C1N(c2ccc(C3CC(F)(F)C3)cc2)CCC12CCC(O)(C(F)F)CC2. The van der Waals surface area contributed by atoms with E-state index in [0.29, 0.717) is 18.7 Å². The first-order valence-corrected chi connectivity index (χ1v) is 9.45. The highest BCUT2D eigenvalue weighted by Crippen LogP contribution is 2.51. The second-order valence-electron chi connectivity index (χ2n) is 8.44. The Balaban J connectivity index is 1.44. The number of carbonyl (C=O) groups is 1. The number of halogens is 4. The second kappa shape index (κ2) is 6.19. The minimum Gasteiger partial charge on any atom is -0.384 e. The maximum Gasteiger partial charge on any atom is 0.266 e. The molecule has 1 amide bonds. The molecule has 1 spiro atoms. The fourth-order valence-electron chi connectivity index (χ4n) is 4.73. The lowest BCUT2D eigenvalue weighted by molar-refractivity contribution is -0.146. The molecular formula is C20H23F4NO2. The van der Waals surface area contributed by atoms with Gasteiger partial charge in [0.2, 0.25) is 11.8 Å². The smallest absolute Gasteiger partial charge is 0.266 e. The molecule has 2 aliphatic carbocycles. The third kappa shape index (κ3) is 3.13. The summed E-state index contributed by atoms with van der Waals surface area (Å²) >= 11 is 0. The van der Waals surface area contributed by atoms with Crippen molar-refractivity contribution < 1.29 is 27.5 Å². The molecule has 3 nitrogen and oxygen atoms in total. The van der Waals surface area contributed by atoms with E-state index in [9.17, 15) is 27.5 Å². The van der Waals surface area contributed by atoms with Crippen molar-refractivity contribution in [2.45, 2.75) is 68.8 Å². The number of alkyl halides is 4. The van der Waals surface area contributed by atoms with Crippen LogP contribution in [0, 0.1) is 5.41 Å². The van der Waals surface area contributed by atoms with Crippen LogP contribution >= 0.6 is 0 Å². The van der Waals surface area contributed by atoms with Crippen LogP contribution in [0.25, 0.3) is 0 Å². The van der Waals surface area contributed by atoms with Crippen LogP contribution in [-0.2, 0) is 4.79 Å². The lowest BCUT2D eigenvalue weighted by Crippen LogP contribution is -2.47. The van der Waals surface area contributed by atoms with Crippen LogP contribution in [0.15, 0.2) is 24.3 Å². The van der Waals surface area contributed by atoms with Crippen LogP contribution in [-0.4, -0.2) is 35.5 Å². The first-order valence-electron chi connectivity index (χ1n) is 9.45. The van der Waals surface area contributed by atoms with Crippen molar-refractivity contribution in [1.29, 1.82) is 0 Å². The molecule has 0 atom stereocenters. The molecule has 1 aromatic rings. The van der Waals surface area contributed by atoms with E-state index in [0.717, 1.165) is 5.56 Å². The molecule has 1 N–H and O–H groups in total. The molecule has 0 unspecified atom stereocenters. The molecule has 1 heterocycles. The van der Waals surface area contributed by atoms with Crippen LogP contribution in [0.5, 0.6) is 0 Å². The zero-order valence-corrected chi connectivity index (χ0v) is 14.9. The number of nitrogens with zero attached hydrogens (tertiary/aromatic N) is 1. The fourth-order valence-corrected chi connectivity index (χ4v) is 4.73. The average Bonchev–Trinajstić information content (AvgIpc) is 2.92. The average molecular weight is 385 g/mol.